The molecular weight excluding hydrogens is 269 g/mol. The second-order valence-corrected chi connectivity index (χ2v) is 5.30. The van der Waals surface area contributed by atoms with E-state index in [0.717, 1.165) is 16.9 Å². The van der Waals surface area contributed by atoms with Crippen molar-refractivity contribution >= 4 is 11.4 Å². The van der Waals surface area contributed by atoms with E-state index in [1.54, 1.807) is 29.0 Å². The summed E-state index contributed by atoms with van der Waals surface area (Å²) in [6, 6.07) is 8.18. The standard InChI is InChI=1S/C16H12FN3O/c17-12-3-1-10(2-4-12)11-7-14-13(15(21)8-11)9-18-16-5-6-19-20(14)16/h1-6,9,11H,7-8H2. The van der Waals surface area contributed by atoms with Crippen LogP contribution >= 0.6 is 0 Å². The minimum atomic E-state index is -0.264. The van der Waals surface area contributed by atoms with Crippen LogP contribution in [0.25, 0.3) is 5.65 Å². The lowest BCUT2D eigenvalue weighted by atomic mass is 9.82. The normalized spacial score (nSPS) is 18.0. The van der Waals surface area contributed by atoms with Gasteiger partial charge < -0.3 is 0 Å². The number of fused-ring (bicyclic) bond motifs is 3. The minimum Gasteiger partial charge on any atom is -0.294 e. The molecule has 4 rings (SSSR count). The quantitative estimate of drug-likeness (QED) is 0.689. The van der Waals surface area contributed by atoms with Crippen LogP contribution < -0.4 is 0 Å². The van der Waals surface area contributed by atoms with Crippen molar-refractivity contribution in [2.75, 3.05) is 0 Å². The van der Waals surface area contributed by atoms with E-state index < -0.39 is 0 Å². The van der Waals surface area contributed by atoms with Crippen LogP contribution in [0.15, 0.2) is 42.7 Å². The highest BCUT2D eigenvalue weighted by Crippen LogP contribution is 2.32. The van der Waals surface area contributed by atoms with Crippen molar-refractivity contribution in [3.05, 3.63) is 65.4 Å². The number of Topliss-reactive ketones (excluding diaryl/α,β-unsaturated/α-hetero) is 1. The average molecular weight is 281 g/mol. The maximum Gasteiger partial charge on any atom is 0.166 e. The van der Waals surface area contributed by atoms with Gasteiger partial charge in [-0.05, 0) is 30.0 Å². The number of aromatic nitrogens is 3. The number of carbonyl (C=O) groups excluding carboxylic acids is 1. The molecule has 3 aromatic rings. The maximum atomic E-state index is 13.0. The summed E-state index contributed by atoms with van der Waals surface area (Å²) >= 11 is 0. The molecule has 1 aliphatic carbocycles. The number of halogens is 1. The molecule has 0 amide bonds. The third-order valence-corrected chi connectivity index (χ3v) is 4.03. The van der Waals surface area contributed by atoms with E-state index >= 15 is 0 Å². The molecule has 104 valence electrons. The largest absolute Gasteiger partial charge is 0.294 e. The van der Waals surface area contributed by atoms with Crippen LogP contribution in [0.1, 0.15) is 34.0 Å². The van der Waals surface area contributed by atoms with E-state index in [1.807, 2.05) is 6.07 Å². The number of rotatable bonds is 1. The summed E-state index contributed by atoms with van der Waals surface area (Å²) in [5, 5.41) is 4.25. The first-order chi connectivity index (χ1) is 10.2. The molecule has 1 unspecified atom stereocenters. The fourth-order valence-corrected chi connectivity index (χ4v) is 2.96. The molecule has 0 spiro atoms. The molecule has 0 fully saturated rings. The summed E-state index contributed by atoms with van der Waals surface area (Å²) in [4.78, 5) is 16.6. The lowest BCUT2D eigenvalue weighted by molar-refractivity contribution is 0.0962. The van der Waals surface area contributed by atoms with Crippen LogP contribution in [0.5, 0.6) is 0 Å². The van der Waals surface area contributed by atoms with Gasteiger partial charge in [-0.1, -0.05) is 12.1 Å². The average Bonchev–Trinajstić information content (AvgIpc) is 2.96. The SMILES string of the molecule is O=C1CC(c2ccc(F)cc2)Cc2c1cnc1ccnn21. The molecule has 0 bridgehead atoms. The van der Waals surface area contributed by atoms with Gasteiger partial charge in [0.2, 0.25) is 0 Å². The number of ketones is 1. The van der Waals surface area contributed by atoms with Gasteiger partial charge in [0.05, 0.1) is 17.5 Å². The lowest BCUT2D eigenvalue weighted by Crippen LogP contribution is -2.22. The van der Waals surface area contributed by atoms with E-state index in [-0.39, 0.29) is 17.5 Å². The first-order valence-corrected chi connectivity index (χ1v) is 6.82. The second kappa shape index (κ2) is 4.48. The molecule has 2 aromatic heterocycles. The van der Waals surface area contributed by atoms with Gasteiger partial charge in [0.1, 0.15) is 5.82 Å². The molecule has 0 aliphatic heterocycles. The summed E-state index contributed by atoms with van der Waals surface area (Å²) in [5.74, 6) is -0.143. The number of hydrogen-bond donors (Lipinski definition) is 0. The molecule has 2 heterocycles. The minimum absolute atomic E-state index is 0.0559. The molecule has 1 aromatic carbocycles. The summed E-state index contributed by atoms with van der Waals surface area (Å²) in [6.45, 7) is 0. The van der Waals surface area contributed by atoms with Gasteiger partial charge in [0, 0.05) is 18.7 Å². The van der Waals surface area contributed by atoms with Gasteiger partial charge >= 0.3 is 0 Å². The predicted octanol–water partition coefficient (Wildman–Crippen LogP) is 2.78. The van der Waals surface area contributed by atoms with Crippen LogP contribution in [0.4, 0.5) is 4.39 Å². The molecule has 0 N–H and O–H groups in total. The first-order valence-electron chi connectivity index (χ1n) is 6.82. The highest BCUT2D eigenvalue weighted by atomic mass is 19.1. The van der Waals surface area contributed by atoms with Crippen molar-refractivity contribution in [2.45, 2.75) is 18.8 Å². The number of hydrogen-bond acceptors (Lipinski definition) is 3. The summed E-state index contributed by atoms with van der Waals surface area (Å²) < 4.78 is 14.8. The van der Waals surface area contributed by atoms with Crippen molar-refractivity contribution in [3.8, 4) is 0 Å². The van der Waals surface area contributed by atoms with Gasteiger partial charge in [0.25, 0.3) is 0 Å². The van der Waals surface area contributed by atoms with Crippen LogP contribution in [-0.2, 0) is 6.42 Å². The monoisotopic (exact) mass is 281 g/mol. The Labute approximate surface area is 120 Å². The van der Waals surface area contributed by atoms with E-state index in [1.165, 1.54) is 12.1 Å². The highest BCUT2D eigenvalue weighted by Gasteiger charge is 2.28. The molecule has 0 saturated carbocycles. The Morgan fingerprint density at radius 2 is 1.95 bits per heavy atom. The van der Waals surface area contributed by atoms with E-state index in [9.17, 15) is 9.18 Å². The fourth-order valence-electron chi connectivity index (χ4n) is 2.96. The number of carbonyl (C=O) groups is 1. The number of benzene rings is 1. The molecule has 5 heteroatoms. The van der Waals surface area contributed by atoms with Crippen LogP contribution in [0.3, 0.4) is 0 Å². The Balaban J connectivity index is 1.81. The third-order valence-electron chi connectivity index (χ3n) is 4.03. The third kappa shape index (κ3) is 1.93. The van der Waals surface area contributed by atoms with Crippen LogP contribution in [0, 0.1) is 5.82 Å². The Hall–Kier alpha value is -2.56. The van der Waals surface area contributed by atoms with Crippen LogP contribution in [0.2, 0.25) is 0 Å². The molecule has 21 heavy (non-hydrogen) atoms. The van der Waals surface area contributed by atoms with Gasteiger partial charge in [-0.3, -0.25) is 4.79 Å². The van der Waals surface area contributed by atoms with Crippen molar-refractivity contribution in [1.29, 1.82) is 0 Å². The predicted molar refractivity (Wildman–Crippen MR) is 74.8 cm³/mol. The number of nitrogens with zero attached hydrogens (tertiary/aromatic N) is 3. The van der Waals surface area contributed by atoms with E-state index in [2.05, 4.69) is 10.1 Å². The highest BCUT2D eigenvalue weighted by molar-refractivity contribution is 5.98. The fraction of sp³-hybridized carbons (Fsp3) is 0.188. The van der Waals surface area contributed by atoms with Crippen molar-refractivity contribution in [2.24, 2.45) is 0 Å². The molecule has 0 saturated heterocycles. The van der Waals surface area contributed by atoms with Crippen molar-refractivity contribution in [3.63, 3.8) is 0 Å². The summed E-state index contributed by atoms with van der Waals surface area (Å²) in [6.07, 6.45) is 4.44. The first kappa shape index (κ1) is 12.2. The van der Waals surface area contributed by atoms with Gasteiger partial charge in [-0.25, -0.2) is 13.9 Å². The summed E-state index contributed by atoms with van der Waals surface area (Å²) in [5.41, 5.74) is 3.24. The molecule has 0 radical (unpaired) electrons. The Morgan fingerprint density at radius 3 is 2.76 bits per heavy atom. The van der Waals surface area contributed by atoms with E-state index in [0.29, 0.717) is 18.4 Å². The molecule has 1 atom stereocenters. The molecule has 1 aliphatic rings. The topological polar surface area (TPSA) is 47.3 Å². The van der Waals surface area contributed by atoms with Crippen LogP contribution in [-0.4, -0.2) is 20.4 Å². The van der Waals surface area contributed by atoms with Crippen molar-refractivity contribution in [1.82, 2.24) is 14.6 Å². The Kier molecular flexibility index (Phi) is 2.60. The van der Waals surface area contributed by atoms with Gasteiger partial charge in [0.15, 0.2) is 11.4 Å². The zero-order chi connectivity index (χ0) is 14.4. The molecular formula is C16H12FN3O. The Morgan fingerprint density at radius 1 is 1.14 bits per heavy atom. The zero-order valence-electron chi connectivity index (χ0n) is 11.2. The second-order valence-electron chi connectivity index (χ2n) is 5.30. The lowest BCUT2D eigenvalue weighted by Gasteiger charge is -2.24. The maximum absolute atomic E-state index is 13.0. The smallest absolute Gasteiger partial charge is 0.166 e. The van der Waals surface area contributed by atoms with Crippen molar-refractivity contribution < 1.29 is 9.18 Å². The van der Waals surface area contributed by atoms with E-state index in [4.69, 9.17) is 0 Å². The Bertz CT molecular complexity index is 838. The summed E-state index contributed by atoms with van der Waals surface area (Å²) in [7, 11) is 0. The van der Waals surface area contributed by atoms with Gasteiger partial charge in [-0.2, -0.15) is 5.10 Å². The van der Waals surface area contributed by atoms with Gasteiger partial charge in [-0.15, -0.1) is 0 Å². The zero-order valence-corrected chi connectivity index (χ0v) is 11.2. The molecule has 4 nitrogen and oxygen atoms in total.